The molecule has 1 aromatic carbocycles. The number of carbonyl (C=O) groups excluding carboxylic acids is 1. The molecule has 116 valence electrons. The van der Waals surface area contributed by atoms with E-state index in [4.69, 9.17) is 4.74 Å². The van der Waals surface area contributed by atoms with E-state index >= 15 is 0 Å². The fourth-order valence-electron chi connectivity index (χ4n) is 3.19. The molecular weight excluding hydrogens is 262 g/mol. The molecule has 0 heterocycles. The predicted molar refractivity (Wildman–Crippen MR) is 85.2 cm³/mol. The third-order valence-corrected chi connectivity index (χ3v) is 4.52. The monoisotopic (exact) mass is 289 g/mol. The third-order valence-electron chi connectivity index (χ3n) is 4.52. The van der Waals surface area contributed by atoms with E-state index in [-0.39, 0.29) is 5.97 Å². The van der Waals surface area contributed by atoms with E-state index in [1.165, 1.54) is 31.9 Å². The summed E-state index contributed by atoms with van der Waals surface area (Å²) in [4.78, 5) is 12.2. The van der Waals surface area contributed by atoms with Gasteiger partial charge in [-0.25, -0.2) is 0 Å². The largest absolute Gasteiger partial charge is 0.468 e. The van der Waals surface area contributed by atoms with E-state index in [1.807, 2.05) is 25.1 Å². The van der Waals surface area contributed by atoms with Crippen LogP contribution in [0.2, 0.25) is 0 Å². The van der Waals surface area contributed by atoms with Crippen LogP contribution in [-0.4, -0.2) is 24.7 Å². The first-order valence-corrected chi connectivity index (χ1v) is 8.04. The Morgan fingerprint density at radius 2 is 1.90 bits per heavy atom. The van der Waals surface area contributed by atoms with Crippen LogP contribution in [0.25, 0.3) is 0 Å². The smallest absolute Gasteiger partial charge is 0.325 e. The average molecular weight is 289 g/mol. The van der Waals surface area contributed by atoms with Gasteiger partial charge in [-0.1, -0.05) is 49.6 Å². The molecule has 21 heavy (non-hydrogen) atoms. The number of rotatable bonds is 6. The second-order valence-electron chi connectivity index (χ2n) is 6.29. The highest BCUT2D eigenvalue weighted by Crippen LogP contribution is 2.23. The molecule has 1 N–H and O–H groups in total. The molecule has 3 heteroatoms. The number of benzene rings is 1. The highest BCUT2D eigenvalue weighted by molar-refractivity contribution is 5.80. The fourth-order valence-corrected chi connectivity index (χ4v) is 3.19. The van der Waals surface area contributed by atoms with Crippen molar-refractivity contribution in [3.63, 3.8) is 0 Å². The first-order valence-electron chi connectivity index (χ1n) is 8.04. The second-order valence-corrected chi connectivity index (χ2v) is 6.29. The Morgan fingerprint density at radius 3 is 2.52 bits per heavy atom. The average Bonchev–Trinajstić information content (AvgIpc) is 2.54. The molecule has 1 atom stereocenters. The molecule has 1 saturated carbocycles. The van der Waals surface area contributed by atoms with Crippen molar-refractivity contribution in [2.45, 2.75) is 63.5 Å². The van der Waals surface area contributed by atoms with E-state index < -0.39 is 5.54 Å². The highest BCUT2D eigenvalue weighted by atomic mass is 16.5. The van der Waals surface area contributed by atoms with Crippen LogP contribution >= 0.6 is 0 Å². The van der Waals surface area contributed by atoms with Gasteiger partial charge in [0.2, 0.25) is 0 Å². The van der Waals surface area contributed by atoms with Crippen molar-refractivity contribution in [3.8, 4) is 0 Å². The first kappa shape index (κ1) is 16.0. The van der Waals surface area contributed by atoms with Gasteiger partial charge in [-0.05, 0) is 38.2 Å². The molecule has 1 aromatic rings. The molecule has 0 bridgehead atoms. The van der Waals surface area contributed by atoms with Gasteiger partial charge in [-0.15, -0.1) is 0 Å². The lowest BCUT2D eigenvalue weighted by Crippen LogP contribution is -2.55. The first-order chi connectivity index (χ1) is 10.1. The van der Waals surface area contributed by atoms with Crippen molar-refractivity contribution in [2.75, 3.05) is 7.11 Å². The minimum absolute atomic E-state index is 0.149. The van der Waals surface area contributed by atoms with Gasteiger partial charge in [0.25, 0.3) is 0 Å². The third kappa shape index (κ3) is 4.57. The van der Waals surface area contributed by atoms with Crippen LogP contribution in [0.4, 0.5) is 0 Å². The molecule has 0 radical (unpaired) electrons. The quantitative estimate of drug-likeness (QED) is 0.815. The zero-order valence-corrected chi connectivity index (χ0v) is 13.2. The summed E-state index contributed by atoms with van der Waals surface area (Å²) in [6, 6.07) is 10.8. The van der Waals surface area contributed by atoms with Gasteiger partial charge < -0.3 is 4.74 Å². The molecule has 1 aliphatic carbocycles. The zero-order chi connectivity index (χ0) is 15.1. The Balaban J connectivity index is 1.99. The molecule has 0 saturated heterocycles. The van der Waals surface area contributed by atoms with E-state index in [0.29, 0.717) is 6.04 Å². The van der Waals surface area contributed by atoms with Crippen molar-refractivity contribution in [1.29, 1.82) is 0 Å². The lowest BCUT2D eigenvalue weighted by Gasteiger charge is -2.34. The number of aryl methyl sites for hydroxylation is 1. The lowest BCUT2D eigenvalue weighted by atomic mass is 9.88. The Bertz CT molecular complexity index is 440. The predicted octanol–water partition coefficient (Wildman–Crippen LogP) is 3.47. The molecule has 2 rings (SSSR count). The maximum absolute atomic E-state index is 12.2. The number of nitrogens with one attached hydrogen (secondary N) is 1. The lowest BCUT2D eigenvalue weighted by molar-refractivity contribution is -0.148. The van der Waals surface area contributed by atoms with Crippen LogP contribution in [-0.2, 0) is 16.0 Å². The zero-order valence-electron chi connectivity index (χ0n) is 13.2. The molecule has 0 spiro atoms. The number of carbonyl (C=O) groups is 1. The van der Waals surface area contributed by atoms with Gasteiger partial charge in [0, 0.05) is 6.04 Å². The Hall–Kier alpha value is -1.35. The Kier molecular flexibility index (Phi) is 5.80. The summed E-state index contributed by atoms with van der Waals surface area (Å²) < 4.78 is 5.04. The van der Waals surface area contributed by atoms with Crippen LogP contribution in [0.3, 0.4) is 0 Å². The second kappa shape index (κ2) is 7.60. The minimum atomic E-state index is -0.591. The maximum Gasteiger partial charge on any atom is 0.325 e. The number of ether oxygens (including phenoxy) is 1. The molecule has 1 aliphatic rings. The molecule has 0 aliphatic heterocycles. The van der Waals surface area contributed by atoms with E-state index in [1.54, 1.807) is 0 Å². The number of esters is 1. The molecule has 0 amide bonds. The van der Waals surface area contributed by atoms with Crippen molar-refractivity contribution in [3.05, 3.63) is 35.9 Å². The Labute approximate surface area is 128 Å². The standard InChI is InChI=1S/C18H27NO2/c1-18(17(20)21-2,19-16-11-7-4-8-12-16)14-13-15-9-5-3-6-10-15/h3,5-6,9-10,16,19H,4,7-8,11-14H2,1-2H3. The molecule has 1 fully saturated rings. The number of methoxy groups -OCH3 is 1. The van der Waals surface area contributed by atoms with E-state index in [0.717, 1.165) is 25.7 Å². The molecule has 0 aromatic heterocycles. The molecule has 1 unspecified atom stereocenters. The topological polar surface area (TPSA) is 38.3 Å². The van der Waals surface area contributed by atoms with Crippen LogP contribution in [0.15, 0.2) is 30.3 Å². The SMILES string of the molecule is COC(=O)C(C)(CCc1ccccc1)NC1CCCCC1. The fraction of sp³-hybridized carbons (Fsp3) is 0.611. The van der Waals surface area contributed by atoms with Crippen LogP contribution in [0.1, 0.15) is 51.0 Å². The van der Waals surface area contributed by atoms with Crippen LogP contribution < -0.4 is 5.32 Å². The summed E-state index contributed by atoms with van der Waals surface area (Å²) in [6.45, 7) is 1.98. The van der Waals surface area contributed by atoms with Gasteiger partial charge in [0.05, 0.1) is 7.11 Å². The van der Waals surface area contributed by atoms with Gasteiger partial charge >= 0.3 is 5.97 Å². The van der Waals surface area contributed by atoms with E-state index in [9.17, 15) is 4.79 Å². The summed E-state index contributed by atoms with van der Waals surface area (Å²) in [5.41, 5.74) is 0.671. The van der Waals surface area contributed by atoms with Crippen molar-refractivity contribution in [2.24, 2.45) is 0 Å². The van der Waals surface area contributed by atoms with Gasteiger partial charge in [-0.2, -0.15) is 0 Å². The summed E-state index contributed by atoms with van der Waals surface area (Å²) >= 11 is 0. The molecule has 3 nitrogen and oxygen atoms in total. The maximum atomic E-state index is 12.2. The Morgan fingerprint density at radius 1 is 1.24 bits per heavy atom. The van der Waals surface area contributed by atoms with E-state index in [2.05, 4.69) is 17.4 Å². The minimum Gasteiger partial charge on any atom is -0.468 e. The van der Waals surface area contributed by atoms with Crippen molar-refractivity contribution in [1.82, 2.24) is 5.32 Å². The van der Waals surface area contributed by atoms with Crippen molar-refractivity contribution < 1.29 is 9.53 Å². The number of hydrogen-bond donors (Lipinski definition) is 1. The van der Waals surface area contributed by atoms with Gasteiger partial charge in [-0.3, -0.25) is 10.1 Å². The highest BCUT2D eigenvalue weighted by Gasteiger charge is 2.36. The van der Waals surface area contributed by atoms with Crippen molar-refractivity contribution >= 4 is 5.97 Å². The summed E-state index contributed by atoms with van der Waals surface area (Å²) in [5, 5.41) is 3.58. The summed E-state index contributed by atoms with van der Waals surface area (Å²) in [7, 11) is 1.48. The molecular formula is C18H27NO2. The van der Waals surface area contributed by atoms with Gasteiger partial charge in [0.15, 0.2) is 0 Å². The van der Waals surface area contributed by atoms with Gasteiger partial charge in [0.1, 0.15) is 5.54 Å². The summed E-state index contributed by atoms with van der Waals surface area (Å²) in [5.74, 6) is -0.149. The summed E-state index contributed by atoms with van der Waals surface area (Å²) in [6.07, 6.45) is 7.81. The van der Waals surface area contributed by atoms with Crippen LogP contribution in [0, 0.1) is 0 Å². The normalized spacial score (nSPS) is 19.0. The van der Waals surface area contributed by atoms with Crippen LogP contribution in [0.5, 0.6) is 0 Å². The number of hydrogen-bond acceptors (Lipinski definition) is 3.